The largest absolute Gasteiger partial charge is 0.468 e. The third kappa shape index (κ3) is 9.55. The first kappa shape index (κ1) is 32.5. The van der Waals surface area contributed by atoms with Gasteiger partial charge in [0.15, 0.2) is 17.4 Å². The van der Waals surface area contributed by atoms with Crippen LogP contribution in [0.15, 0.2) is 60.7 Å². The maximum Gasteiger partial charge on any atom is 0.322 e. The molecule has 222 valence electrons. The van der Waals surface area contributed by atoms with Crippen LogP contribution in [-0.2, 0) is 30.3 Å². The van der Waals surface area contributed by atoms with Gasteiger partial charge in [-0.3, -0.25) is 30.5 Å². The number of aromatic nitrogens is 2. The number of aliphatic hydroxyl groups excluding tert-OH is 1. The summed E-state index contributed by atoms with van der Waals surface area (Å²) in [4.78, 5) is 37.7. The van der Waals surface area contributed by atoms with Crippen molar-refractivity contribution in [2.24, 2.45) is 0 Å². The standard InChI is InChI=1S/C28H32N6O6S2/c1-39-25(37)21(17-11-5-3-6-12-17)23(35)31-27(30)41-19(29)15-9-10-16-20-33-34-28(42-20)32-24(36)22(26(38)40-2)18-13-7-4-8-14-18/h3-8,11-14,21-22,26,29,38H,9-10,15-16H2,1-2H3,(H2,30,31,35)(H,32,34,36). The lowest BCUT2D eigenvalue weighted by molar-refractivity contribution is -0.146. The highest BCUT2D eigenvalue weighted by atomic mass is 32.2. The number of hydrogen-bond donors (Lipinski definition) is 5. The van der Waals surface area contributed by atoms with Crippen LogP contribution in [0.5, 0.6) is 0 Å². The smallest absolute Gasteiger partial charge is 0.322 e. The van der Waals surface area contributed by atoms with Crippen LogP contribution in [0.3, 0.4) is 0 Å². The molecule has 0 aliphatic heterocycles. The Kier molecular flexibility index (Phi) is 12.7. The molecule has 3 unspecified atom stereocenters. The van der Waals surface area contributed by atoms with Crippen LogP contribution in [-0.4, -0.2) is 63.8 Å². The number of benzene rings is 2. The lowest BCUT2D eigenvalue weighted by Crippen LogP contribution is -2.37. The van der Waals surface area contributed by atoms with Crippen molar-refractivity contribution in [2.45, 2.75) is 43.8 Å². The highest BCUT2D eigenvalue weighted by Gasteiger charge is 2.31. The number of unbranched alkanes of at least 4 members (excludes halogenated alkanes) is 1. The molecule has 0 radical (unpaired) electrons. The Bertz CT molecular complexity index is 1370. The van der Waals surface area contributed by atoms with Gasteiger partial charge in [0.2, 0.25) is 16.9 Å². The number of thioether (sulfide) groups is 1. The van der Waals surface area contributed by atoms with E-state index in [0.29, 0.717) is 46.9 Å². The molecule has 0 saturated heterocycles. The molecule has 42 heavy (non-hydrogen) atoms. The van der Waals surface area contributed by atoms with Crippen LogP contribution in [0.2, 0.25) is 0 Å². The van der Waals surface area contributed by atoms with Crippen LogP contribution in [0.4, 0.5) is 5.13 Å². The number of aliphatic hydroxyl groups is 1. The van der Waals surface area contributed by atoms with Gasteiger partial charge < -0.3 is 19.9 Å². The Balaban J connectivity index is 1.43. The monoisotopic (exact) mass is 612 g/mol. The first-order valence-electron chi connectivity index (χ1n) is 12.9. The van der Waals surface area contributed by atoms with Crippen LogP contribution in [0.25, 0.3) is 0 Å². The Morgan fingerprint density at radius 2 is 1.60 bits per heavy atom. The van der Waals surface area contributed by atoms with Crippen molar-refractivity contribution in [3.8, 4) is 0 Å². The zero-order chi connectivity index (χ0) is 30.5. The average Bonchev–Trinajstić information content (AvgIpc) is 3.43. The molecule has 3 aromatic rings. The van der Waals surface area contributed by atoms with Crippen LogP contribution in [0, 0.1) is 10.8 Å². The quantitative estimate of drug-likeness (QED) is 0.0479. The Morgan fingerprint density at radius 1 is 0.952 bits per heavy atom. The van der Waals surface area contributed by atoms with Crippen LogP contribution >= 0.6 is 23.1 Å². The van der Waals surface area contributed by atoms with Crippen LogP contribution < -0.4 is 10.6 Å². The molecule has 2 amide bonds. The number of methoxy groups -OCH3 is 2. The molecule has 0 bridgehead atoms. The molecule has 3 atom stereocenters. The van der Waals surface area contributed by atoms with E-state index in [2.05, 4.69) is 20.8 Å². The van der Waals surface area contributed by atoms with Gasteiger partial charge >= 0.3 is 5.97 Å². The van der Waals surface area contributed by atoms with Gasteiger partial charge in [-0.1, -0.05) is 72.0 Å². The number of anilines is 1. The van der Waals surface area contributed by atoms with E-state index in [1.165, 1.54) is 25.6 Å². The Labute approximate surface area is 251 Å². The maximum atomic E-state index is 12.9. The molecule has 14 heteroatoms. The number of amides is 2. The van der Waals surface area contributed by atoms with Gasteiger partial charge in [0.1, 0.15) is 10.9 Å². The van der Waals surface area contributed by atoms with E-state index in [-0.39, 0.29) is 10.2 Å². The van der Waals surface area contributed by atoms with E-state index < -0.39 is 35.9 Å². The molecular formula is C28H32N6O6S2. The number of ether oxygens (including phenoxy) is 2. The summed E-state index contributed by atoms with van der Waals surface area (Å²) < 4.78 is 9.74. The van der Waals surface area contributed by atoms with E-state index in [4.69, 9.17) is 20.3 Å². The Morgan fingerprint density at radius 3 is 2.21 bits per heavy atom. The number of nitrogens with one attached hydrogen (secondary N) is 4. The van der Waals surface area contributed by atoms with Gasteiger partial charge in [0, 0.05) is 13.5 Å². The number of hydrogen-bond acceptors (Lipinski definition) is 12. The molecule has 0 fully saturated rings. The second kappa shape index (κ2) is 16.5. The van der Waals surface area contributed by atoms with Gasteiger partial charge in [-0.25, -0.2) is 0 Å². The normalized spacial score (nSPS) is 12.9. The summed E-state index contributed by atoms with van der Waals surface area (Å²) >= 11 is 2.02. The summed E-state index contributed by atoms with van der Waals surface area (Å²) in [6, 6.07) is 17.2. The molecule has 2 aromatic carbocycles. The van der Waals surface area contributed by atoms with Crippen molar-refractivity contribution in [1.29, 1.82) is 10.8 Å². The van der Waals surface area contributed by atoms with Gasteiger partial charge in [0.05, 0.1) is 12.2 Å². The van der Waals surface area contributed by atoms with Crippen molar-refractivity contribution in [3.63, 3.8) is 0 Å². The number of aryl methyl sites for hydroxylation is 1. The number of nitrogens with zero attached hydrogens (tertiary/aromatic N) is 2. The van der Waals surface area contributed by atoms with E-state index in [9.17, 15) is 19.5 Å². The fourth-order valence-corrected chi connectivity index (χ4v) is 5.36. The second-order valence-corrected chi connectivity index (χ2v) is 11.1. The van der Waals surface area contributed by atoms with Gasteiger partial charge in [-0.2, -0.15) is 0 Å². The van der Waals surface area contributed by atoms with Crippen molar-refractivity contribution in [1.82, 2.24) is 15.5 Å². The lowest BCUT2D eigenvalue weighted by atomic mass is 9.97. The summed E-state index contributed by atoms with van der Waals surface area (Å²) in [5, 5.41) is 40.6. The van der Waals surface area contributed by atoms with E-state index in [1.54, 1.807) is 54.6 Å². The number of carbonyl (C=O) groups excluding carboxylic acids is 3. The summed E-state index contributed by atoms with van der Waals surface area (Å²) in [7, 11) is 2.51. The SMILES string of the molecule is COC(=O)C(C(=O)NC(=N)SC(=N)CCCCc1nnc(NC(=O)C(c2ccccc2)C(O)OC)s1)c1ccccc1. The summed E-state index contributed by atoms with van der Waals surface area (Å²) in [6.07, 6.45) is 0.914. The zero-order valence-electron chi connectivity index (χ0n) is 23.0. The molecule has 0 spiro atoms. The van der Waals surface area contributed by atoms with Crippen molar-refractivity contribution >= 4 is 56.2 Å². The fraction of sp³-hybridized carbons (Fsp3) is 0.321. The summed E-state index contributed by atoms with van der Waals surface area (Å²) in [5.74, 6) is -4.08. The lowest BCUT2D eigenvalue weighted by Gasteiger charge is -2.20. The first-order chi connectivity index (χ1) is 20.2. The fourth-order valence-electron chi connectivity index (χ4n) is 3.93. The van der Waals surface area contributed by atoms with E-state index >= 15 is 0 Å². The van der Waals surface area contributed by atoms with Gasteiger partial charge in [-0.15, -0.1) is 10.2 Å². The molecule has 5 N–H and O–H groups in total. The molecular weight excluding hydrogens is 580 g/mol. The zero-order valence-corrected chi connectivity index (χ0v) is 24.7. The maximum absolute atomic E-state index is 12.9. The van der Waals surface area contributed by atoms with Gasteiger partial charge in [0.25, 0.3) is 0 Å². The predicted molar refractivity (Wildman–Crippen MR) is 161 cm³/mol. The molecule has 0 aliphatic rings. The third-order valence-corrected chi connectivity index (χ3v) is 7.66. The minimum atomic E-state index is -1.33. The minimum absolute atomic E-state index is 0.184. The van der Waals surface area contributed by atoms with Crippen molar-refractivity contribution < 1.29 is 29.0 Å². The number of amidine groups is 1. The van der Waals surface area contributed by atoms with Crippen molar-refractivity contribution in [3.05, 3.63) is 76.8 Å². The third-order valence-electron chi connectivity index (χ3n) is 6.00. The molecule has 1 heterocycles. The molecule has 0 saturated carbocycles. The molecule has 12 nitrogen and oxygen atoms in total. The summed E-state index contributed by atoms with van der Waals surface area (Å²) in [6.45, 7) is 0. The van der Waals surface area contributed by atoms with Gasteiger partial charge in [-0.05, 0) is 42.2 Å². The molecule has 3 rings (SSSR count). The second-order valence-electron chi connectivity index (χ2n) is 8.92. The topological polar surface area (TPSA) is 187 Å². The number of rotatable bonds is 13. The highest BCUT2D eigenvalue weighted by molar-refractivity contribution is 8.26. The van der Waals surface area contributed by atoms with E-state index in [0.717, 1.165) is 11.8 Å². The number of carbonyl (C=O) groups is 3. The highest BCUT2D eigenvalue weighted by Crippen LogP contribution is 2.25. The molecule has 0 aliphatic carbocycles. The minimum Gasteiger partial charge on any atom is -0.468 e. The first-order valence-corrected chi connectivity index (χ1v) is 14.5. The average molecular weight is 613 g/mol. The number of esters is 1. The van der Waals surface area contributed by atoms with Crippen LogP contribution in [0.1, 0.15) is 47.2 Å². The van der Waals surface area contributed by atoms with E-state index in [1.807, 2.05) is 6.07 Å². The van der Waals surface area contributed by atoms with Crippen molar-refractivity contribution in [2.75, 3.05) is 19.5 Å². The molecule has 1 aromatic heterocycles. The predicted octanol–water partition coefficient (Wildman–Crippen LogP) is 3.66. The Hall–Kier alpha value is -3.98. The summed E-state index contributed by atoms with van der Waals surface area (Å²) in [5.41, 5.74) is 1.04.